The molecule has 4 heteroatoms. The average molecular weight is 247 g/mol. The smallest absolute Gasteiger partial charge is 0.132 e. The molecule has 0 aliphatic carbocycles. The highest BCUT2D eigenvalue weighted by atomic mass is 16.3. The molecule has 1 aromatic heterocycles. The van der Waals surface area contributed by atoms with Gasteiger partial charge in [-0.25, -0.2) is 9.97 Å². The predicted molar refractivity (Wildman–Crippen MR) is 70.6 cm³/mol. The van der Waals surface area contributed by atoms with Gasteiger partial charge >= 0.3 is 0 Å². The summed E-state index contributed by atoms with van der Waals surface area (Å²) in [4.78, 5) is 11.2. The van der Waals surface area contributed by atoms with Crippen molar-refractivity contribution in [3.8, 4) is 0 Å². The highest BCUT2D eigenvalue weighted by Gasteiger charge is 2.40. The van der Waals surface area contributed by atoms with Crippen molar-refractivity contribution in [2.45, 2.75) is 63.6 Å². The van der Waals surface area contributed by atoms with E-state index in [0.717, 1.165) is 37.2 Å². The molecule has 2 atom stereocenters. The molecule has 0 aromatic carbocycles. The molecule has 2 fully saturated rings. The topological polar surface area (TPSA) is 49.2 Å². The lowest BCUT2D eigenvalue weighted by Gasteiger charge is -2.38. The second-order valence-corrected chi connectivity index (χ2v) is 5.54. The van der Waals surface area contributed by atoms with Crippen molar-refractivity contribution in [2.24, 2.45) is 0 Å². The maximum Gasteiger partial charge on any atom is 0.132 e. The summed E-state index contributed by atoms with van der Waals surface area (Å²) >= 11 is 0. The highest BCUT2D eigenvalue weighted by Crippen LogP contribution is 2.38. The van der Waals surface area contributed by atoms with Gasteiger partial charge in [-0.05, 0) is 32.1 Å². The van der Waals surface area contributed by atoms with Crippen molar-refractivity contribution in [1.82, 2.24) is 9.97 Å². The molecular formula is C14H21N3O. The minimum atomic E-state index is -0.115. The molecule has 2 unspecified atom stereocenters. The van der Waals surface area contributed by atoms with E-state index in [2.05, 4.69) is 27.9 Å². The molecule has 98 valence electrons. The maximum absolute atomic E-state index is 9.83. The molecule has 1 N–H and O–H groups in total. The van der Waals surface area contributed by atoms with Crippen LogP contribution in [-0.4, -0.2) is 33.3 Å². The Morgan fingerprint density at radius 3 is 2.67 bits per heavy atom. The van der Waals surface area contributed by atoms with E-state index in [1.165, 1.54) is 12.8 Å². The van der Waals surface area contributed by atoms with Crippen LogP contribution in [0.5, 0.6) is 0 Å². The van der Waals surface area contributed by atoms with Crippen molar-refractivity contribution in [3.63, 3.8) is 0 Å². The van der Waals surface area contributed by atoms with Crippen molar-refractivity contribution < 1.29 is 5.11 Å². The zero-order chi connectivity index (χ0) is 12.5. The van der Waals surface area contributed by atoms with Gasteiger partial charge in [0.25, 0.3) is 0 Å². The third-order valence-electron chi connectivity index (χ3n) is 4.19. The van der Waals surface area contributed by atoms with E-state index >= 15 is 0 Å². The summed E-state index contributed by atoms with van der Waals surface area (Å²) in [6.45, 7) is 2.17. The largest absolute Gasteiger partial charge is 0.393 e. The summed E-state index contributed by atoms with van der Waals surface area (Å²) in [5.74, 6) is 1.06. The van der Waals surface area contributed by atoms with Gasteiger partial charge in [0.1, 0.15) is 12.1 Å². The number of anilines is 1. The molecule has 3 heterocycles. The van der Waals surface area contributed by atoms with Gasteiger partial charge in [-0.1, -0.05) is 13.3 Å². The Balaban J connectivity index is 1.84. The van der Waals surface area contributed by atoms with Crippen LogP contribution in [0.15, 0.2) is 12.4 Å². The van der Waals surface area contributed by atoms with Crippen molar-refractivity contribution in [3.05, 3.63) is 18.1 Å². The van der Waals surface area contributed by atoms with Crippen LogP contribution in [0.25, 0.3) is 0 Å². The molecule has 0 spiro atoms. The first kappa shape index (κ1) is 11.9. The maximum atomic E-state index is 9.83. The fourth-order valence-corrected chi connectivity index (χ4v) is 3.44. The van der Waals surface area contributed by atoms with Crippen molar-refractivity contribution in [2.75, 3.05) is 4.90 Å². The fourth-order valence-electron chi connectivity index (χ4n) is 3.44. The number of fused-ring (bicyclic) bond motifs is 2. The van der Waals surface area contributed by atoms with Crippen LogP contribution in [0.3, 0.4) is 0 Å². The quantitative estimate of drug-likeness (QED) is 0.886. The second kappa shape index (κ2) is 4.84. The van der Waals surface area contributed by atoms with Crippen LogP contribution >= 0.6 is 0 Å². The zero-order valence-electron chi connectivity index (χ0n) is 10.9. The van der Waals surface area contributed by atoms with Crippen LogP contribution in [0.4, 0.5) is 5.82 Å². The molecule has 0 saturated carbocycles. The molecule has 18 heavy (non-hydrogen) atoms. The molecule has 2 bridgehead atoms. The van der Waals surface area contributed by atoms with E-state index in [-0.39, 0.29) is 6.10 Å². The normalized spacial score (nSPS) is 30.8. The van der Waals surface area contributed by atoms with Gasteiger partial charge in [-0.3, -0.25) is 0 Å². The average Bonchev–Trinajstić information content (AvgIpc) is 2.63. The van der Waals surface area contributed by atoms with Crippen LogP contribution in [0.1, 0.15) is 44.7 Å². The van der Waals surface area contributed by atoms with Gasteiger partial charge in [0.2, 0.25) is 0 Å². The first-order valence-electron chi connectivity index (χ1n) is 7.05. The van der Waals surface area contributed by atoms with Gasteiger partial charge in [-0.2, -0.15) is 0 Å². The number of hydrogen-bond donors (Lipinski definition) is 1. The van der Waals surface area contributed by atoms with Crippen molar-refractivity contribution >= 4 is 5.82 Å². The molecule has 1 aromatic rings. The summed E-state index contributed by atoms with van der Waals surface area (Å²) in [6, 6.07) is 3.08. The standard InChI is InChI=1S/C14H21N3O/c1-2-3-10-6-14(16-9-15-10)17-11-4-5-12(17)8-13(18)7-11/h6,9,11-13,18H,2-5,7-8H2,1H3. The first-order valence-corrected chi connectivity index (χ1v) is 7.05. The number of aromatic nitrogens is 2. The highest BCUT2D eigenvalue weighted by molar-refractivity contribution is 5.44. The first-order chi connectivity index (χ1) is 8.78. The van der Waals surface area contributed by atoms with E-state index in [4.69, 9.17) is 0 Å². The Hall–Kier alpha value is -1.16. The Kier molecular flexibility index (Phi) is 3.20. The molecule has 0 radical (unpaired) electrons. The van der Waals surface area contributed by atoms with E-state index in [1.54, 1.807) is 6.33 Å². The Bertz CT molecular complexity index is 409. The summed E-state index contributed by atoms with van der Waals surface area (Å²) < 4.78 is 0. The predicted octanol–water partition coefficient (Wildman–Crippen LogP) is 1.92. The number of aliphatic hydroxyl groups excluding tert-OH is 1. The number of rotatable bonds is 3. The monoisotopic (exact) mass is 247 g/mol. The van der Waals surface area contributed by atoms with Crippen LogP contribution in [0, 0.1) is 0 Å². The van der Waals surface area contributed by atoms with E-state index < -0.39 is 0 Å². The van der Waals surface area contributed by atoms with E-state index in [9.17, 15) is 5.11 Å². The number of aryl methyl sites for hydroxylation is 1. The lowest BCUT2D eigenvalue weighted by atomic mass is 10.00. The zero-order valence-corrected chi connectivity index (χ0v) is 10.9. The molecule has 2 aliphatic rings. The van der Waals surface area contributed by atoms with Crippen LogP contribution in [0.2, 0.25) is 0 Å². The third-order valence-corrected chi connectivity index (χ3v) is 4.19. The second-order valence-electron chi connectivity index (χ2n) is 5.54. The van der Waals surface area contributed by atoms with Gasteiger partial charge in [0.15, 0.2) is 0 Å². The minimum absolute atomic E-state index is 0.115. The third kappa shape index (κ3) is 2.09. The molecule has 2 aliphatic heterocycles. The fraction of sp³-hybridized carbons (Fsp3) is 0.714. The number of hydrogen-bond acceptors (Lipinski definition) is 4. The molecular weight excluding hydrogens is 226 g/mol. The molecule has 4 nitrogen and oxygen atoms in total. The summed E-state index contributed by atoms with van der Waals surface area (Å²) in [5, 5.41) is 9.83. The molecule has 2 saturated heterocycles. The van der Waals surface area contributed by atoms with Crippen LogP contribution < -0.4 is 4.90 Å². The summed E-state index contributed by atoms with van der Waals surface area (Å²) in [5.41, 5.74) is 1.13. The lowest BCUT2D eigenvalue weighted by Crippen LogP contribution is -2.45. The van der Waals surface area contributed by atoms with Gasteiger partial charge in [-0.15, -0.1) is 0 Å². The molecule has 0 amide bonds. The van der Waals surface area contributed by atoms with E-state index in [1.807, 2.05) is 0 Å². The minimum Gasteiger partial charge on any atom is -0.393 e. The number of piperidine rings is 1. The Morgan fingerprint density at radius 2 is 2.00 bits per heavy atom. The van der Waals surface area contributed by atoms with E-state index in [0.29, 0.717) is 12.1 Å². The van der Waals surface area contributed by atoms with Gasteiger partial charge < -0.3 is 10.0 Å². The van der Waals surface area contributed by atoms with Crippen LogP contribution in [-0.2, 0) is 6.42 Å². The number of aliphatic hydroxyl groups is 1. The lowest BCUT2D eigenvalue weighted by molar-refractivity contribution is 0.126. The Morgan fingerprint density at radius 1 is 1.28 bits per heavy atom. The summed E-state index contributed by atoms with van der Waals surface area (Å²) in [7, 11) is 0. The number of nitrogens with zero attached hydrogens (tertiary/aromatic N) is 3. The molecule has 3 rings (SSSR count). The summed E-state index contributed by atoms with van der Waals surface area (Å²) in [6.07, 6.45) is 7.86. The Labute approximate surface area is 108 Å². The van der Waals surface area contributed by atoms with Gasteiger partial charge in [0, 0.05) is 23.8 Å². The van der Waals surface area contributed by atoms with Crippen molar-refractivity contribution in [1.29, 1.82) is 0 Å². The SMILES string of the molecule is CCCc1cc(N2C3CCC2CC(O)C3)ncn1. The van der Waals surface area contributed by atoms with Gasteiger partial charge in [0.05, 0.1) is 6.10 Å².